The van der Waals surface area contributed by atoms with Crippen molar-refractivity contribution in [2.45, 2.75) is 25.1 Å². The van der Waals surface area contributed by atoms with Crippen molar-refractivity contribution < 1.29 is 17.9 Å². The Morgan fingerprint density at radius 2 is 1.78 bits per heavy atom. The quantitative estimate of drug-likeness (QED) is 0.885. The molecule has 0 radical (unpaired) electrons. The van der Waals surface area contributed by atoms with Crippen molar-refractivity contribution in [2.24, 2.45) is 11.7 Å². The van der Waals surface area contributed by atoms with Gasteiger partial charge in [0, 0.05) is 19.3 Å². The summed E-state index contributed by atoms with van der Waals surface area (Å²) in [7, 11) is 0. The van der Waals surface area contributed by atoms with Gasteiger partial charge in [0.15, 0.2) is 0 Å². The number of rotatable bonds is 2. The summed E-state index contributed by atoms with van der Waals surface area (Å²) in [6, 6.07) is 4.98. The molecule has 2 N–H and O–H groups in total. The number of nitrogens with two attached hydrogens (primary N) is 1. The van der Waals surface area contributed by atoms with Gasteiger partial charge in [-0.2, -0.15) is 13.2 Å². The second-order valence-corrected chi connectivity index (χ2v) is 4.56. The van der Waals surface area contributed by atoms with E-state index >= 15 is 0 Å². The van der Waals surface area contributed by atoms with Crippen molar-refractivity contribution in [3.63, 3.8) is 0 Å². The van der Waals surface area contributed by atoms with Crippen molar-refractivity contribution >= 4 is 0 Å². The van der Waals surface area contributed by atoms with Gasteiger partial charge >= 0.3 is 6.18 Å². The molecule has 1 fully saturated rings. The fraction of sp³-hybridized carbons (Fsp3) is 0.538. The van der Waals surface area contributed by atoms with E-state index in [1.807, 2.05) is 0 Å². The lowest BCUT2D eigenvalue weighted by atomic mass is 9.85. The Hall–Kier alpha value is -1.07. The van der Waals surface area contributed by atoms with E-state index in [4.69, 9.17) is 10.5 Å². The van der Waals surface area contributed by atoms with Gasteiger partial charge in [-0.3, -0.25) is 0 Å². The van der Waals surface area contributed by atoms with Crippen LogP contribution < -0.4 is 5.73 Å². The Morgan fingerprint density at radius 3 is 2.39 bits per heavy atom. The minimum atomic E-state index is -4.35. The molecule has 100 valence electrons. The van der Waals surface area contributed by atoms with E-state index in [2.05, 4.69) is 0 Å². The van der Waals surface area contributed by atoms with Crippen molar-refractivity contribution in [3.8, 4) is 0 Å². The standard InChI is InChI=1S/C13H16F3NO/c14-13(15,16)11-4-2-1-3-10(11)12(17)9-5-7-18-8-6-9/h1-4,9,12H,5-8,17H2. The molecule has 1 aromatic rings. The van der Waals surface area contributed by atoms with Gasteiger partial charge in [0.2, 0.25) is 0 Å². The minimum Gasteiger partial charge on any atom is -0.381 e. The first kappa shape index (κ1) is 13.4. The van der Waals surface area contributed by atoms with Gasteiger partial charge in [0.1, 0.15) is 0 Å². The SMILES string of the molecule is NC(c1ccccc1C(F)(F)F)C1CCOCC1. The summed E-state index contributed by atoms with van der Waals surface area (Å²) in [5.41, 5.74) is 5.58. The van der Waals surface area contributed by atoms with Crippen molar-refractivity contribution in [3.05, 3.63) is 35.4 Å². The van der Waals surface area contributed by atoms with Crippen LogP contribution in [0.3, 0.4) is 0 Å². The van der Waals surface area contributed by atoms with Crippen molar-refractivity contribution in [1.82, 2.24) is 0 Å². The molecule has 0 bridgehead atoms. The molecule has 0 aromatic heterocycles. The second-order valence-electron chi connectivity index (χ2n) is 4.56. The molecule has 18 heavy (non-hydrogen) atoms. The summed E-state index contributed by atoms with van der Waals surface area (Å²) in [6.07, 6.45) is -2.92. The predicted molar refractivity (Wildman–Crippen MR) is 61.9 cm³/mol. The maximum Gasteiger partial charge on any atom is 0.416 e. The number of benzene rings is 1. The third kappa shape index (κ3) is 2.84. The first-order valence-electron chi connectivity index (χ1n) is 5.99. The Morgan fingerprint density at radius 1 is 1.17 bits per heavy atom. The summed E-state index contributed by atoms with van der Waals surface area (Å²) >= 11 is 0. The lowest BCUT2D eigenvalue weighted by Crippen LogP contribution is -2.29. The fourth-order valence-corrected chi connectivity index (χ4v) is 2.37. The molecule has 0 amide bonds. The molecule has 1 aliphatic rings. The smallest absolute Gasteiger partial charge is 0.381 e. The Labute approximate surface area is 104 Å². The summed E-state index contributed by atoms with van der Waals surface area (Å²) in [5.74, 6) is 0.0576. The van der Waals surface area contributed by atoms with E-state index in [0.717, 1.165) is 6.07 Å². The molecule has 1 atom stereocenters. The van der Waals surface area contributed by atoms with Crippen LogP contribution in [0.1, 0.15) is 30.0 Å². The second kappa shape index (κ2) is 5.28. The van der Waals surface area contributed by atoms with Crippen LogP contribution in [0.4, 0.5) is 13.2 Å². The molecule has 1 aromatic carbocycles. The molecule has 1 aliphatic heterocycles. The Bertz CT molecular complexity index is 399. The number of ether oxygens (including phenoxy) is 1. The molecule has 5 heteroatoms. The van der Waals surface area contributed by atoms with Gasteiger partial charge in [-0.1, -0.05) is 18.2 Å². The van der Waals surface area contributed by atoms with Gasteiger partial charge in [-0.05, 0) is 30.4 Å². The van der Waals surface area contributed by atoms with Crippen LogP contribution >= 0.6 is 0 Å². The number of hydrogen-bond acceptors (Lipinski definition) is 2. The van der Waals surface area contributed by atoms with Gasteiger partial charge in [-0.15, -0.1) is 0 Å². The van der Waals surface area contributed by atoms with Gasteiger partial charge in [-0.25, -0.2) is 0 Å². The predicted octanol–water partition coefficient (Wildman–Crippen LogP) is 3.13. The molecule has 2 nitrogen and oxygen atoms in total. The molecule has 2 rings (SSSR count). The Balaban J connectivity index is 2.26. The highest BCUT2D eigenvalue weighted by molar-refractivity contribution is 5.32. The number of alkyl halides is 3. The maximum absolute atomic E-state index is 12.9. The van der Waals surface area contributed by atoms with Crippen LogP contribution in [0.2, 0.25) is 0 Å². The van der Waals surface area contributed by atoms with Crippen LogP contribution in [0.5, 0.6) is 0 Å². The molecule has 0 spiro atoms. The molecule has 1 saturated heterocycles. The van der Waals surface area contributed by atoms with E-state index in [-0.39, 0.29) is 11.5 Å². The molecular formula is C13H16F3NO. The highest BCUT2D eigenvalue weighted by atomic mass is 19.4. The van der Waals surface area contributed by atoms with Crippen molar-refractivity contribution in [2.75, 3.05) is 13.2 Å². The lowest BCUT2D eigenvalue weighted by Gasteiger charge is -2.29. The zero-order valence-electron chi connectivity index (χ0n) is 9.91. The van der Waals surface area contributed by atoms with Crippen LogP contribution in [0, 0.1) is 5.92 Å². The molecule has 1 unspecified atom stereocenters. The Kier molecular flexibility index (Phi) is 3.92. The monoisotopic (exact) mass is 259 g/mol. The normalized spacial score (nSPS) is 19.8. The third-order valence-corrected chi connectivity index (χ3v) is 3.40. The van der Waals surface area contributed by atoms with Crippen LogP contribution in [-0.4, -0.2) is 13.2 Å². The highest BCUT2D eigenvalue weighted by Gasteiger charge is 2.36. The molecular weight excluding hydrogens is 243 g/mol. The van der Waals surface area contributed by atoms with Crippen molar-refractivity contribution in [1.29, 1.82) is 0 Å². The van der Waals surface area contributed by atoms with Gasteiger partial charge in [0.05, 0.1) is 5.56 Å². The summed E-state index contributed by atoms with van der Waals surface area (Å²) in [6.45, 7) is 1.15. The molecule has 1 heterocycles. The third-order valence-electron chi connectivity index (χ3n) is 3.40. The zero-order valence-corrected chi connectivity index (χ0v) is 9.91. The maximum atomic E-state index is 12.9. The largest absolute Gasteiger partial charge is 0.416 e. The first-order chi connectivity index (χ1) is 8.50. The van der Waals surface area contributed by atoms with Gasteiger partial charge in [0.25, 0.3) is 0 Å². The van der Waals surface area contributed by atoms with Crippen LogP contribution in [-0.2, 0) is 10.9 Å². The highest BCUT2D eigenvalue weighted by Crippen LogP contribution is 2.37. The summed E-state index contributed by atoms with van der Waals surface area (Å²) < 4.78 is 43.9. The molecule has 0 aliphatic carbocycles. The average molecular weight is 259 g/mol. The van der Waals surface area contributed by atoms with E-state index in [9.17, 15) is 13.2 Å². The zero-order chi connectivity index (χ0) is 13.2. The van der Waals surface area contributed by atoms with Crippen LogP contribution in [0.25, 0.3) is 0 Å². The fourth-order valence-electron chi connectivity index (χ4n) is 2.37. The van der Waals surface area contributed by atoms with E-state index in [1.165, 1.54) is 12.1 Å². The van der Waals surface area contributed by atoms with E-state index < -0.39 is 17.8 Å². The van der Waals surface area contributed by atoms with Gasteiger partial charge < -0.3 is 10.5 Å². The summed E-state index contributed by atoms with van der Waals surface area (Å²) in [4.78, 5) is 0. The first-order valence-corrected chi connectivity index (χ1v) is 5.99. The minimum absolute atomic E-state index is 0.0576. The number of hydrogen-bond donors (Lipinski definition) is 1. The van der Waals surface area contributed by atoms with Crippen LogP contribution in [0.15, 0.2) is 24.3 Å². The average Bonchev–Trinajstić information content (AvgIpc) is 2.38. The lowest BCUT2D eigenvalue weighted by molar-refractivity contribution is -0.138. The summed E-state index contributed by atoms with van der Waals surface area (Å²) in [5, 5.41) is 0. The van der Waals surface area contributed by atoms with E-state index in [0.29, 0.717) is 26.1 Å². The molecule has 0 saturated carbocycles. The van der Waals surface area contributed by atoms with E-state index in [1.54, 1.807) is 6.07 Å². The topological polar surface area (TPSA) is 35.2 Å². The number of halogens is 3.